The second-order valence-electron chi connectivity index (χ2n) is 4.99. The van der Waals surface area contributed by atoms with Gasteiger partial charge in [-0.2, -0.15) is 4.98 Å². The van der Waals surface area contributed by atoms with Gasteiger partial charge in [-0.3, -0.25) is 0 Å². The first kappa shape index (κ1) is 17.9. The van der Waals surface area contributed by atoms with Crippen molar-refractivity contribution < 1.29 is 14.0 Å². The van der Waals surface area contributed by atoms with Crippen molar-refractivity contribution >= 4 is 35.0 Å². The van der Waals surface area contributed by atoms with Crippen LogP contribution in [0.15, 0.2) is 46.1 Å². The molecule has 0 aliphatic carbocycles. The summed E-state index contributed by atoms with van der Waals surface area (Å²) in [4.78, 5) is 4.37. The van der Waals surface area contributed by atoms with Crippen LogP contribution in [0.4, 0.5) is 0 Å². The van der Waals surface area contributed by atoms with E-state index in [0.717, 1.165) is 11.1 Å². The van der Waals surface area contributed by atoms with Crippen molar-refractivity contribution in [2.45, 2.75) is 10.9 Å². The highest BCUT2D eigenvalue weighted by atomic mass is 35.5. The minimum Gasteiger partial charge on any atom is -0.493 e. The zero-order valence-corrected chi connectivity index (χ0v) is 15.8. The van der Waals surface area contributed by atoms with Gasteiger partial charge in [-0.05, 0) is 41.1 Å². The number of thioether (sulfide) groups is 1. The molecule has 130 valence electrons. The molecule has 0 unspecified atom stereocenters. The highest BCUT2D eigenvalue weighted by Gasteiger charge is 2.12. The molecule has 0 saturated heterocycles. The van der Waals surface area contributed by atoms with Gasteiger partial charge in [0.25, 0.3) is 5.89 Å². The van der Waals surface area contributed by atoms with Gasteiger partial charge in [0.15, 0.2) is 11.5 Å². The molecule has 0 spiro atoms. The van der Waals surface area contributed by atoms with Gasteiger partial charge in [0, 0.05) is 11.3 Å². The Bertz CT molecular complexity index is 886. The Hall–Kier alpha value is -1.89. The minimum atomic E-state index is 0.397. The second-order valence-corrected chi connectivity index (χ2v) is 6.75. The van der Waals surface area contributed by atoms with Gasteiger partial charge in [-0.15, -0.1) is 0 Å². The molecule has 0 fully saturated rings. The van der Waals surface area contributed by atoms with E-state index in [2.05, 4.69) is 10.1 Å². The van der Waals surface area contributed by atoms with Crippen LogP contribution in [0.3, 0.4) is 0 Å². The number of aromatic nitrogens is 2. The van der Waals surface area contributed by atoms with E-state index >= 15 is 0 Å². The van der Waals surface area contributed by atoms with E-state index in [9.17, 15) is 0 Å². The molecule has 0 aliphatic rings. The van der Waals surface area contributed by atoms with E-state index in [1.54, 1.807) is 32.4 Å². The number of halogens is 2. The summed E-state index contributed by atoms with van der Waals surface area (Å²) in [5, 5.41) is 5.44. The lowest BCUT2D eigenvalue weighted by atomic mass is 10.2. The van der Waals surface area contributed by atoms with E-state index in [4.69, 9.17) is 37.2 Å². The summed E-state index contributed by atoms with van der Waals surface area (Å²) in [5.41, 5.74) is 1.78. The minimum absolute atomic E-state index is 0.397. The van der Waals surface area contributed by atoms with Gasteiger partial charge >= 0.3 is 0 Å². The molecule has 0 atom stereocenters. The summed E-state index contributed by atoms with van der Waals surface area (Å²) < 4.78 is 15.8. The molecule has 0 N–H and O–H groups in total. The quantitative estimate of drug-likeness (QED) is 0.523. The number of rotatable bonds is 6. The third kappa shape index (κ3) is 4.21. The van der Waals surface area contributed by atoms with E-state index in [-0.39, 0.29) is 0 Å². The monoisotopic (exact) mass is 396 g/mol. The fourth-order valence-electron chi connectivity index (χ4n) is 2.13. The summed E-state index contributed by atoms with van der Waals surface area (Å²) in [7, 11) is 3.22. The number of hydrogen-bond acceptors (Lipinski definition) is 6. The molecule has 8 heteroatoms. The summed E-state index contributed by atoms with van der Waals surface area (Å²) in [6.45, 7) is 0. The van der Waals surface area contributed by atoms with E-state index in [1.165, 1.54) is 11.8 Å². The number of methoxy groups -OCH3 is 2. The average molecular weight is 397 g/mol. The summed E-state index contributed by atoms with van der Waals surface area (Å²) >= 11 is 13.4. The maximum absolute atomic E-state index is 6.02. The maximum Gasteiger partial charge on any atom is 0.258 e. The van der Waals surface area contributed by atoms with Crippen LogP contribution in [-0.2, 0) is 5.75 Å². The predicted molar refractivity (Wildman–Crippen MR) is 98.9 cm³/mol. The number of hydrogen-bond donors (Lipinski definition) is 0. The Morgan fingerprint density at radius 3 is 2.52 bits per heavy atom. The molecule has 0 radical (unpaired) electrons. The summed E-state index contributed by atoms with van der Waals surface area (Å²) in [6.07, 6.45) is 0. The third-order valence-electron chi connectivity index (χ3n) is 3.39. The largest absolute Gasteiger partial charge is 0.493 e. The van der Waals surface area contributed by atoms with Crippen LogP contribution in [-0.4, -0.2) is 24.4 Å². The molecule has 5 nitrogen and oxygen atoms in total. The number of nitrogens with zero attached hydrogens (tertiary/aromatic N) is 2. The van der Waals surface area contributed by atoms with Crippen LogP contribution < -0.4 is 9.47 Å². The van der Waals surface area contributed by atoms with Crippen LogP contribution in [0.1, 0.15) is 5.56 Å². The van der Waals surface area contributed by atoms with Crippen molar-refractivity contribution in [2.24, 2.45) is 0 Å². The molecule has 0 saturated carbocycles. The molecule has 1 aromatic heterocycles. The first-order valence-electron chi connectivity index (χ1n) is 7.23. The lowest BCUT2D eigenvalue weighted by Crippen LogP contribution is -1.92. The average Bonchev–Trinajstić information content (AvgIpc) is 3.11. The lowest BCUT2D eigenvalue weighted by molar-refractivity contribution is 0.354. The van der Waals surface area contributed by atoms with Gasteiger partial charge in [-0.1, -0.05) is 41.0 Å². The lowest BCUT2D eigenvalue weighted by Gasteiger charge is -2.08. The SMILES string of the molecule is COc1ccc(CSc2noc(-c3ccc(Cl)c(Cl)c3)n2)cc1OC. The van der Waals surface area contributed by atoms with Gasteiger partial charge in [0.2, 0.25) is 5.16 Å². The number of ether oxygens (including phenoxy) is 2. The first-order valence-corrected chi connectivity index (χ1v) is 8.97. The Kier molecular flexibility index (Phi) is 5.73. The standard InChI is InChI=1S/C17H14Cl2N2O3S/c1-22-14-6-3-10(7-15(14)23-2)9-25-17-20-16(24-21-17)11-4-5-12(18)13(19)8-11/h3-8H,9H2,1-2H3. The van der Waals surface area contributed by atoms with Crippen molar-refractivity contribution in [3.63, 3.8) is 0 Å². The van der Waals surface area contributed by atoms with Gasteiger partial charge < -0.3 is 14.0 Å². The molecule has 2 aromatic carbocycles. The molecule has 0 amide bonds. The Morgan fingerprint density at radius 2 is 1.80 bits per heavy atom. The van der Waals surface area contributed by atoms with Gasteiger partial charge in [0.05, 0.1) is 24.3 Å². The predicted octanol–water partition coefficient (Wildman–Crippen LogP) is 5.35. The normalized spacial score (nSPS) is 10.7. The molecule has 25 heavy (non-hydrogen) atoms. The Labute approximate surface area is 159 Å². The summed E-state index contributed by atoms with van der Waals surface area (Å²) in [6, 6.07) is 10.9. The van der Waals surface area contributed by atoms with E-state index in [1.807, 2.05) is 18.2 Å². The third-order valence-corrected chi connectivity index (χ3v) is 5.03. The smallest absolute Gasteiger partial charge is 0.258 e. The van der Waals surface area contributed by atoms with Crippen molar-refractivity contribution in [3.8, 4) is 23.0 Å². The van der Waals surface area contributed by atoms with Gasteiger partial charge in [-0.25, -0.2) is 0 Å². The van der Waals surface area contributed by atoms with Crippen LogP contribution in [0.25, 0.3) is 11.5 Å². The molecular formula is C17H14Cl2N2O3S. The fraction of sp³-hybridized carbons (Fsp3) is 0.176. The number of benzene rings is 2. The van der Waals surface area contributed by atoms with E-state index in [0.29, 0.717) is 38.3 Å². The molecule has 3 rings (SSSR count). The Balaban J connectivity index is 1.70. The Morgan fingerprint density at radius 1 is 1.00 bits per heavy atom. The molecule has 3 aromatic rings. The molecular weight excluding hydrogens is 383 g/mol. The van der Waals surface area contributed by atoms with Gasteiger partial charge in [0.1, 0.15) is 0 Å². The molecule has 0 bridgehead atoms. The van der Waals surface area contributed by atoms with Crippen LogP contribution in [0.5, 0.6) is 11.5 Å². The fourth-order valence-corrected chi connectivity index (χ4v) is 3.14. The van der Waals surface area contributed by atoms with E-state index < -0.39 is 0 Å². The topological polar surface area (TPSA) is 57.4 Å². The van der Waals surface area contributed by atoms with Crippen LogP contribution >= 0.6 is 35.0 Å². The zero-order chi connectivity index (χ0) is 17.8. The van der Waals surface area contributed by atoms with Crippen LogP contribution in [0, 0.1) is 0 Å². The van der Waals surface area contributed by atoms with Crippen molar-refractivity contribution in [3.05, 3.63) is 52.0 Å². The summed E-state index contributed by atoms with van der Waals surface area (Å²) in [5.74, 6) is 2.44. The first-order chi connectivity index (χ1) is 12.1. The van der Waals surface area contributed by atoms with Crippen LogP contribution in [0.2, 0.25) is 10.0 Å². The molecule has 0 aliphatic heterocycles. The zero-order valence-electron chi connectivity index (χ0n) is 13.5. The van der Waals surface area contributed by atoms with Crippen molar-refractivity contribution in [2.75, 3.05) is 14.2 Å². The van der Waals surface area contributed by atoms with Crippen molar-refractivity contribution in [1.29, 1.82) is 0 Å². The van der Waals surface area contributed by atoms with Crippen molar-refractivity contribution in [1.82, 2.24) is 10.1 Å². The highest BCUT2D eigenvalue weighted by molar-refractivity contribution is 7.98. The maximum atomic E-state index is 6.02. The molecule has 1 heterocycles. The highest BCUT2D eigenvalue weighted by Crippen LogP contribution is 2.32. The second kappa shape index (κ2) is 7.99.